The number of fused-ring (bicyclic) bond motifs is 1. The van der Waals surface area contributed by atoms with Crippen molar-refractivity contribution in [2.24, 2.45) is 0 Å². The van der Waals surface area contributed by atoms with E-state index < -0.39 is 0 Å². The molecule has 19 heavy (non-hydrogen) atoms. The van der Waals surface area contributed by atoms with E-state index >= 15 is 0 Å². The van der Waals surface area contributed by atoms with Crippen molar-refractivity contribution in [2.75, 3.05) is 0 Å². The number of hydrogen-bond acceptors (Lipinski definition) is 0. The van der Waals surface area contributed by atoms with Crippen molar-refractivity contribution < 1.29 is 0 Å². The first-order valence-electron chi connectivity index (χ1n) is 6.93. The monoisotopic (exact) mass is 255 g/mol. The molecule has 1 heteroatoms. The molecule has 2 rings (SSSR count). The van der Waals surface area contributed by atoms with Crippen LogP contribution in [0.15, 0.2) is 30.8 Å². The standard InChI is InChI=1S/C18H25N/c1-8-19-15-12-14(17(2,3)4)10-9-13(15)11-16(19)18(5,6)7/h8-12H,1H2,2-7H3. The summed E-state index contributed by atoms with van der Waals surface area (Å²) in [5, 5.41) is 1.29. The highest BCUT2D eigenvalue weighted by atomic mass is 15.0. The number of hydrogen-bond donors (Lipinski definition) is 0. The Morgan fingerprint density at radius 1 is 0.947 bits per heavy atom. The molecule has 0 amide bonds. The van der Waals surface area contributed by atoms with E-state index in [1.165, 1.54) is 22.2 Å². The maximum Gasteiger partial charge on any atom is 0.0528 e. The van der Waals surface area contributed by atoms with Crippen molar-refractivity contribution in [3.8, 4) is 0 Å². The van der Waals surface area contributed by atoms with Crippen LogP contribution in [0.3, 0.4) is 0 Å². The van der Waals surface area contributed by atoms with Gasteiger partial charge in [-0.1, -0.05) is 60.3 Å². The Morgan fingerprint density at radius 2 is 1.58 bits per heavy atom. The van der Waals surface area contributed by atoms with Gasteiger partial charge >= 0.3 is 0 Å². The SMILES string of the molecule is C=Cn1c(C(C)(C)C)cc2ccc(C(C)(C)C)cc21. The second-order valence-corrected chi connectivity index (χ2v) is 7.36. The van der Waals surface area contributed by atoms with Crippen LogP contribution in [-0.4, -0.2) is 4.57 Å². The molecular weight excluding hydrogens is 230 g/mol. The molecule has 0 aliphatic carbocycles. The molecule has 0 fully saturated rings. The van der Waals surface area contributed by atoms with E-state index in [4.69, 9.17) is 0 Å². The predicted molar refractivity (Wildman–Crippen MR) is 85.7 cm³/mol. The Hall–Kier alpha value is -1.50. The highest BCUT2D eigenvalue weighted by molar-refractivity contribution is 5.84. The quantitative estimate of drug-likeness (QED) is 0.648. The summed E-state index contributed by atoms with van der Waals surface area (Å²) in [6.07, 6.45) is 1.93. The molecule has 1 heterocycles. The fourth-order valence-electron chi connectivity index (χ4n) is 2.46. The highest BCUT2D eigenvalue weighted by Gasteiger charge is 2.21. The minimum Gasteiger partial charge on any atom is -0.320 e. The molecule has 1 aromatic heterocycles. The zero-order valence-electron chi connectivity index (χ0n) is 13.0. The molecule has 1 nitrogen and oxygen atoms in total. The average molecular weight is 255 g/mol. The molecule has 0 unspecified atom stereocenters. The fraction of sp³-hybridized carbons (Fsp3) is 0.444. The molecule has 102 valence electrons. The highest BCUT2D eigenvalue weighted by Crippen LogP contribution is 2.32. The summed E-state index contributed by atoms with van der Waals surface area (Å²) in [6, 6.07) is 9.04. The van der Waals surface area contributed by atoms with Gasteiger partial charge in [0.05, 0.1) is 5.52 Å². The van der Waals surface area contributed by atoms with E-state index in [1.807, 2.05) is 6.20 Å². The van der Waals surface area contributed by atoms with Crippen LogP contribution < -0.4 is 0 Å². The van der Waals surface area contributed by atoms with E-state index in [-0.39, 0.29) is 10.8 Å². The van der Waals surface area contributed by atoms with E-state index in [0.717, 1.165) is 0 Å². The van der Waals surface area contributed by atoms with Gasteiger partial charge in [-0.3, -0.25) is 0 Å². The van der Waals surface area contributed by atoms with Crippen LogP contribution in [0.25, 0.3) is 17.1 Å². The van der Waals surface area contributed by atoms with Crippen LogP contribution in [0.1, 0.15) is 52.8 Å². The Bertz CT molecular complexity index is 615. The van der Waals surface area contributed by atoms with E-state index in [0.29, 0.717) is 0 Å². The average Bonchev–Trinajstić information content (AvgIpc) is 2.64. The fourth-order valence-corrected chi connectivity index (χ4v) is 2.46. The third kappa shape index (κ3) is 2.47. The lowest BCUT2D eigenvalue weighted by Gasteiger charge is -2.21. The molecule has 1 aromatic carbocycles. The minimum absolute atomic E-state index is 0.120. The van der Waals surface area contributed by atoms with Gasteiger partial charge in [0, 0.05) is 22.7 Å². The van der Waals surface area contributed by atoms with Crippen molar-refractivity contribution in [2.45, 2.75) is 52.4 Å². The zero-order valence-corrected chi connectivity index (χ0v) is 13.0. The van der Waals surface area contributed by atoms with Crippen LogP contribution in [-0.2, 0) is 10.8 Å². The number of rotatable bonds is 1. The molecule has 0 aliphatic rings. The lowest BCUT2D eigenvalue weighted by molar-refractivity contribution is 0.563. The van der Waals surface area contributed by atoms with E-state index in [2.05, 4.69) is 77.0 Å². The largest absolute Gasteiger partial charge is 0.320 e. The van der Waals surface area contributed by atoms with Gasteiger partial charge in [-0.05, 0) is 23.1 Å². The topological polar surface area (TPSA) is 4.93 Å². The molecule has 0 atom stereocenters. The molecule has 0 saturated heterocycles. The summed E-state index contributed by atoms with van der Waals surface area (Å²) < 4.78 is 2.23. The lowest BCUT2D eigenvalue weighted by Crippen LogP contribution is -2.15. The Balaban J connectivity index is 2.76. The van der Waals surface area contributed by atoms with Gasteiger partial charge in [0.2, 0.25) is 0 Å². The summed E-state index contributed by atoms with van der Waals surface area (Å²) >= 11 is 0. The summed E-state index contributed by atoms with van der Waals surface area (Å²) in [4.78, 5) is 0. The van der Waals surface area contributed by atoms with Gasteiger partial charge in [0.25, 0.3) is 0 Å². The molecule has 0 N–H and O–H groups in total. The molecule has 0 saturated carbocycles. The summed E-state index contributed by atoms with van der Waals surface area (Å²) in [5.41, 5.74) is 4.22. The van der Waals surface area contributed by atoms with E-state index in [9.17, 15) is 0 Å². The molecule has 2 aromatic rings. The van der Waals surface area contributed by atoms with Crippen LogP contribution in [0, 0.1) is 0 Å². The van der Waals surface area contributed by atoms with Gasteiger partial charge in [-0.2, -0.15) is 0 Å². The van der Waals surface area contributed by atoms with Gasteiger partial charge in [0.1, 0.15) is 0 Å². The third-order valence-corrected chi connectivity index (χ3v) is 3.66. The normalized spacial score (nSPS) is 12.9. The lowest BCUT2D eigenvalue weighted by atomic mass is 9.87. The zero-order chi connectivity index (χ0) is 14.4. The number of nitrogens with zero attached hydrogens (tertiary/aromatic N) is 1. The molecule has 0 aliphatic heterocycles. The molecule has 0 bridgehead atoms. The molecule has 0 spiro atoms. The van der Waals surface area contributed by atoms with Crippen LogP contribution >= 0.6 is 0 Å². The smallest absolute Gasteiger partial charge is 0.0528 e. The predicted octanol–water partition coefficient (Wildman–Crippen LogP) is 5.34. The van der Waals surface area contributed by atoms with Crippen molar-refractivity contribution in [1.82, 2.24) is 4.57 Å². The summed E-state index contributed by atoms with van der Waals surface area (Å²) in [6.45, 7) is 17.5. The second-order valence-electron chi connectivity index (χ2n) is 7.36. The Labute approximate surface area is 116 Å². The van der Waals surface area contributed by atoms with Crippen molar-refractivity contribution in [3.05, 3.63) is 42.1 Å². The first-order valence-corrected chi connectivity index (χ1v) is 6.93. The Morgan fingerprint density at radius 3 is 2.05 bits per heavy atom. The second kappa shape index (κ2) is 4.26. The first kappa shape index (κ1) is 13.9. The van der Waals surface area contributed by atoms with Crippen LogP contribution in [0.2, 0.25) is 0 Å². The summed E-state index contributed by atoms with van der Waals surface area (Å²) in [5.74, 6) is 0. The van der Waals surface area contributed by atoms with Crippen molar-refractivity contribution in [3.63, 3.8) is 0 Å². The van der Waals surface area contributed by atoms with Crippen LogP contribution in [0.5, 0.6) is 0 Å². The maximum absolute atomic E-state index is 3.98. The Kier molecular flexibility index (Phi) is 3.12. The van der Waals surface area contributed by atoms with Gasteiger partial charge in [-0.15, -0.1) is 0 Å². The van der Waals surface area contributed by atoms with Gasteiger partial charge < -0.3 is 4.57 Å². The number of aromatic nitrogens is 1. The van der Waals surface area contributed by atoms with Gasteiger partial charge in [0.15, 0.2) is 0 Å². The van der Waals surface area contributed by atoms with E-state index in [1.54, 1.807) is 0 Å². The molecule has 0 radical (unpaired) electrons. The third-order valence-electron chi connectivity index (χ3n) is 3.66. The minimum atomic E-state index is 0.120. The van der Waals surface area contributed by atoms with Crippen LogP contribution in [0.4, 0.5) is 0 Å². The summed E-state index contributed by atoms with van der Waals surface area (Å²) in [7, 11) is 0. The maximum atomic E-state index is 3.98. The molecular formula is C18H25N. The van der Waals surface area contributed by atoms with Crippen molar-refractivity contribution in [1.29, 1.82) is 0 Å². The number of benzene rings is 1. The van der Waals surface area contributed by atoms with Gasteiger partial charge in [-0.25, -0.2) is 0 Å². The first-order chi connectivity index (χ1) is 8.64. The van der Waals surface area contributed by atoms with Crippen molar-refractivity contribution >= 4 is 17.1 Å².